The molecule has 0 aliphatic carbocycles. The summed E-state index contributed by atoms with van der Waals surface area (Å²) in [6.45, 7) is 7.03. The van der Waals surface area contributed by atoms with Crippen molar-refractivity contribution in [2.24, 2.45) is 0 Å². The highest BCUT2D eigenvalue weighted by atomic mass is 32.2. The van der Waals surface area contributed by atoms with Gasteiger partial charge in [0.15, 0.2) is 0 Å². The summed E-state index contributed by atoms with van der Waals surface area (Å²) in [5, 5.41) is 4.03. The minimum absolute atomic E-state index is 0.312. The number of rotatable bonds is 8. The minimum Gasteiger partial charge on any atom is -0.341 e. The highest BCUT2D eigenvalue weighted by Gasteiger charge is 2.18. The number of piperidine rings is 1. The summed E-state index contributed by atoms with van der Waals surface area (Å²) in [7, 11) is 4.11. The minimum atomic E-state index is 0.312. The molecule has 0 aromatic carbocycles. The average Bonchev–Trinajstić information content (AvgIpc) is 2.41. The van der Waals surface area contributed by atoms with Crippen LogP contribution in [0.5, 0.6) is 0 Å². The first-order valence-electron chi connectivity index (χ1n) is 7.38. The van der Waals surface area contributed by atoms with Crippen molar-refractivity contribution in [3.8, 4) is 0 Å². The third-order valence-corrected chi connectivity index (χ3v) is 4.75. The van der Waals surface area contributed by atoms with Gasteiger partial charge in [-0.1, -0.05) is 6.92 Å². The van der Waals surface area contributed by atoms with Gasteiger partial charge in [-0.2, -0.15) is 0 Å². The van der Waals surface area contributed by atoms with E-state index in [1.807, 2.05) is 16.7 Å². The van der Waals surface area contributed by atoms with Gasteiger partial charge in [-0.3, -0.25) is 4.79 Å². The lowest BCUT2D eigenvalue weighted by Gasteiger charge is -2.26. The maximum Gasteiger partial charge on any atom is 0.232 e. The Hall–Kier alpha value is -0.260. The van der Waals surface area contributed by atoms with E-state index < -0.39 is 0 Å². The lowest BCUT2D eigenvalue weighted by Crippen LogP contribution is -2.39. The first-order valence-corrected chi connectivity index (χ1v) is 8.43. The van der Waals surface area contributed by atoms with E-state index in [-0.39, 0.29) is 0 Å². The summed E-state index contributed by atoms with van der Waals surface area (Å²) in [6.07, 6.45) is 3.43. The van der Waals surface area contributed by atoms with Crippen LogP contribution in [0.1, 0.15) is 26.2 Å². The zero-order valence-corrected chi connectivity index (χ0v) is 13.5. The number of hydrogen-bond donors (Lipinski definition) is 1. The molecule has 0 aromatic heterocycles. The van der Waals surface area contributed by atoms with E-state index in [0.717, 1.165) is 39.1 Å². The summed E-state index contributed by atoms with van der Waals surface area (Å²) in [5.74, 6) is 0.963. The van der Waals surface area contributed by atoms with Crippen molar-refractivity contribution in [3.63, 3.8) is 0 Å². The molecule has 1 aliphatic heterocycles. The van der Waals surface area contributed by atoms with Crippen molar-refractivity contribution < 1.29 is 4.79 Å². The van der Waals surface area contributed by atoms with Crippen molar-refractivity contribution in [1.29, 1.82) is 0 Å². The summed E-state index contributed by atoms with van der Waals surface area (Å²) in [6, 6.07) is 0. The van der Waals surface area contributed by atoms with E-state index in [1.54, 1.807) is 0 Å². The lowest BCUT2D eigenvalue weighted by molar-refractivity contribution is -0.128. The molecule has 112 valence electrons. The molecule has 1 N–H and O–H groups in total. The topological polar surface area (TPSA) is 35.6 Å². The molecule has 0 bridgehead atoms. The maximum absolute atomic E-state index is 12.3. The van der Waals surface area contributed by atoms with Crippen LogP contribution >= 0.6 is 11.8 Å². The number of carbonyl (C=O) groups is 1. The van der Waals surface area contributed by atoms with E-state index in [1.165, 1.54) is 12.8 Å². The van der Waals surface area contributed by atoms with Crippen molar-refractivity contribution in [1.82, 2.24) is 15.1 Å². The molecule has 1 aliphatic rings. The SMILES string of the molecule is CCCN(CCN(C)C)C(=O)CSC1CCNCC1. The van der Waals surface area contributed by atoms with Crippen LogP contribution in [0.3, 0.4) is 0 Å². The standard InChI is InChI=1S/C14H29N3OS/c1-4-9-17(11-10-16(2)3)14(18)12-19-13-5-7-15-8-6-13/h13,15H,4-12H2,1-3H3. The molecule has 1 amide bonds. The molecule has 0 spiro atoms. The van der Waals surface area contributed by atoms with E-state index in [2.05, 4.69) is 31.2 Å². The molecular formula is C14H29N3OS. The number of nitrogens with zero attached hydrogens (tertiary/aromatic N) is 2. The molecular weight excluding hydrogens is 258 g/mol. The van der Waals surface area contributed by atoms with Crippen molar-refractivity contribution in [2.45, 2.75) is 31.4 Å². The van der Waals surface area contributed by atoms with Gasteiger partial charge in [-0.25, -0.2) is 0 Å². The molecule has 0 radical (unpaired) electrons. The van der Waals surface area contributed by atoms with Crippen molar-refractivity contribution >= 4 is 17.7 Å². The summed E-state index contributed by atoms with van der Waals surface area (Å²) >= 11 is 1.85. The Kier molecular flexibility index (Phi) is 8.50. The third kappa shape index (κ3) is 7.18. The second-order valence-corrected chi connectivity index (χ2v) is 6.73. The first-order chi connectivity index (χ1) is 9.13. The molecule has 0 unspecified atom stereocenters. The molecule has 1 rings (SSSR count). The van der Waals surface area contributed by atoms with Gasteiger partial charge in [0, 0.05) is 24.9 Å². The Morgan fingerprint density at radius 1 is 1.21 bits per heavy atom. The molecule has 5 heteroatoms. The predicted octanol–water partition coefficient (Wildman–Crippen LogP) is 1.27. The van der Waals surface area contributed by atoms with Crippen LogP contribution in [0.15, 0.2) is 0 Å². The molecule has 0 aromatic rings. The van der Waals surface area contributed by atoms with Crippen LogP contribution in [0, 0.1) is 0 Å². The Labute approximate surface area is 122 Å². The Morgan fingerprint density at radius 3 is 2.47 bits per heavy atom. The van der Waals surface area contributed by atoms with Crippen molar-refractivity contribution in [3.05, 3.63) is 0 Å². The summed E-state index contributed by atoms with van der Waals surface area (Å²) in [4.78, 5) is 16.4. The fourth-order valence-electron chi connectivity index (χ4n) is 2.19. The summed E-state index contributed by atoms with van der Waals surface area (Å²) < 4.78 is 0. The van der Waals surface area contributed by atoms with Crippen LogP contribution < -0.4 is 5.32 Å². The van der Waals surface area contributed by atoms with Gasteiger partial charge in [0.1, 0.15) is 0 Å². The van der Waals surface area contributed by atoms with E-state index >= 15 is 0 Å². The largest absolute Gasteiger partial charge is 0.341 e. The number of likely N-dealkylation sites (N-methyl/N-ethyl adjacent to an activating group) is 1. The highest BCUT2D eigenvalue weighted by molar-refractivity contribution is 8.00. The Morgan fingerprint density at radius 2 is 1.89 bits per heavy atom. The van der Waals surface area contributed by atoms with Gasteiger partial charge in [-0.15, -0.1) is 11.8 Å². The van der Waals surface area contributed by atoms with Gasteiger partial charge in [-0.05, 0) is 46.4 Å². The van der Waals surface area contributed by atoms with Crippen LogP contribution in [0.25, 0.3) is 0 Å². The number of hydrogen-bond acceptors (Lipinski definition) is 4. The smallest absolute Gasteiger partial charge is 0.232 e. The number of amides is 1. The fraction of sp³-hybridized carbons (Fsp3) is 0.929. The van der Waals surface area contributed by atoms with Crippen LogP contribution in [0.4, 0.5) is 0 Å². The fourth-order valence-corrected chi connectivity index (χ4v) is 3.32. The van der Waals surface area contributed by atoms with Crippen LogP contribution in [-0.4, -0.2) is 73.5 Å². The second kappa shape index (κ2) is 9.61. The quantitative estimate of drug-likeness (QED) is 0.729. The van der Waals surface area contributed by atoms with Gasteiger partial charge in [0.05, 0.1) is 5.75 Å². The Bertz CT molecular complexity index is 255. The van der Waals surface area contributed by atoms with Crippen LogP contribution in [-0.2, 0) is 4.79 Å². The zero-order valence-electron chi connectivity index (χ0n) is 12.7. The molecule has 19 heavy (non-hydrogen) atoms. The zero-order chi connectivity index (χ0) is 14.1. The van der Waals surface area contributed by atoms with E-state index in [9.17, 15) is 4.79 Å². The number of carbonyl (C=O) groups excluding carboxylic acids is 1. The van der Waals surface area contributed by atoms with Gasteiger partial charge < -0.3 is 15.1 Å². The monoisotopic (exact) mass is 287 g/mol. The molecule has 1 saturated heterocycles. The molecule has 1 fully saturated rings. The highest BCUT2D eigenvalue weighted by Crippen LogP contribution is 2.20. The summed E-state index contributed by atoms with van der Waals surface area (Å²) in [5.41, 5.74) is 0. The molecule has 0 atom stereocenters. The lowest BCUT2D eigenvalue weighted by atomic mass is 10.2. The predicted molar refractivity (Wildman–Crippen MR) is 83.8 cm³/mol. The number of thioether (sulfide) groups is 1. The van der Waals surface area contributed by atoms with E-state index in [0.29, 0.717) is 16.9 Å². The maximum atomic E-state index is 12.3. The first kappa shape index (κ1) is 16.8. The molecule has 1 heterocycles. The van der Waals surface area contributed by atoms with Crippen LogP contribution in [0.2, 0.25) is 0 Å². The van der Waals surface area contributed by atoms with Gasteiger partial charge >= 0.3 is 0 Å². The third-order valence-electron chi connectivity index (χ3n) is 3.39. The second-order valence-electron chi connectivity index (χ2n) is 5.44. The number of nitrogens with one attached hydrogen (secondary N) is 1. The Balaban J connectivity index is 2.29. The molecule has 0 saturated carbocycles. The van der Waals surface area contributed by atoms with Gasteiger partial charge in [0.25, 0.3) is 0 Å². The van der Waals surface area contributed by atoms with E-state index in [4.69, 9.17) is 0 Å². The molecule has 4 nitrogen and oxygen atoms in total. The normalized spacial score (nSPS) is 16.8. The average molecular weight is 287 g/mol. The van der Waals surface area contributed by atoms with Gasteiger partial charge in [0.2, 0.25) is 5.91 Å². The van der Waals surface area contributed by atoms with Crippen molar-refractivity contribution in [2.75, 3.05) is 52.6 Å².